The van der Waals surface area contributed by atoms with Gasteiger partial charge in [0.25, 0.3) is 0 Å². The quantitative estimate of drug-likeness (QED) is 0.506. The molecule has 1 aliphatic rings. The van der Waals surface area contributed by atoms with E-state index in [1.807, 2.05) is 0 Å². The first-order valence-corrected chi connectivity index (χ1v) is 3.97. The highest BCUT2D eigenvalue weighted by Gasteiger charge is 2.36. The largest absolute Gasteiger partial charge is 0.348 e. The summed E-state index contributed by atoms with van der Waals surface area (Å²) in [5, 5.41) is 13.6. The number of β-lactam (4-membered cyclic amide) rings is 1. The van der Waals surface area contributed by atoms with Gasteiger partial charge in [-0.1, -0.05) is 0 Å². The smallest absolute Gasteiger partial charge is 0.239 e. The lowest BCUT2D eigenvalue weighted by molar-refractivity contribution is -0.130. The van der Waals surface area contributed by atoms with Gasteiger partial charge in [-0.25, -0.2) is 4.68 Å². The maximum absolute atomic E-state index is 10.8. The van der Waals surface area contributed by atoms with Crippen LogP contribution in [0.2, 0.25) is 0 Å². The van der Waals surface area contributed by atoms with Crippen molar-refractivity contribution < 1.29 is 4.79 Å². The minimum Gasteiger partial charge on any atom is -0.348 e. The number of carbonyl (C=O) groups excluding carboxylic acids is 1. The summed E-state index contributed by atoms with van der Waals surface area (Å²) in [5.74, 6) is 0.601. The number of nitrogens with zero attached hydrogens (tertiary/aromatic N) is 4. The van der Waals surface area contributed by atoms with Crippen LogP contribution in [0.25, 0.3) is 0 Å². The second-order valence-electron chi connectivity index (χ2n) is 3.05. The van der Waals surface area contributed by atoms with Crippen molar-refractivity contribution in [2.24, 2.45) is 5.73 Å². The Morgan fingerprint density at radius 1 is 1.69 bits per heavy atom. The molecule has 70 valence electrons. The van der Waals surface area contributed by atoms with Crippen molar-refractivity contribution in [1.29, 1.82) is 0 Å². The summed E-state index contributed by atoms with van der Waals surface area (Å²) < 4.78 is 1.62. The summed E-state index contributed by atoms with van der Waals surface area (Å²) in [4.78, 5) is 10.8. The average Bonchev–Trinajstić information content (AvgIpc) is 2.51. The molecule has 0 aromatic carbocycles. The molecular weight excluding hydrogens is 172 g/mol. The lowest BCUT2D eigenvalue weighted by Crippen LogP contribution is -2.68. The second-order valence-corrected chi connectivity index (χ2v) is 3.05. The number of aromatic nitrogens is 4. The predicted octanol–water partition coefficient (Wildman–Crippen LogP) is -2.19. The van der Waals surface area contributed by atoms with Gasteiger partial charge < -0.3 is 11.1 Å². The van der Waals surface area contributed by atoms with Gasteiger partial charge in [0.1, 0.15) is 11.9 Å². The molecule has 1 aliphatic heterocycles. The monoisotopic (exact) mass is 182 g/mol. The maximum atomic E-state index is 10.8. The number of tetrazole rings is 1. The number of aryl methyl sites for hydroxylation is 1. The summed E-state index contributed by atoms with van der Waals surface area (Å²) in [6.45, 7) is 2.33. The van der Waals surface area contributed by atoms with E-state index in [9.17, 15) is 4.79 Å². The van der Waals surface area contributed by atoms with E-state index in [0.29, 0.717) is 12.4 Å². The van der Waals surface area contributed by atoms with Crippen molar-refractivity contribution >= 4 is 5.91 Å². The first-order chi connectivity index (χ1) is 6.18. The van der Waals surface area contributed by atoms with Gasteiger partial charge in [-0.05, 0) is 17.4 Å². The number of nitrogens with one attached hydrogen (secondary N) is 1. The van der Waals surface area contributed by atoms with Crippen LogP contribution in [0.1, 0.15) is 5.82 Å². The van der Waals surface area contributed by atoms with Gasteiger partial charge in [0.05, 0.1) is 12.6 Å². The molecule has 1 amide bonds. The molecule has 3 N–H and O–H groups in total. The number of nitrogens with two attached hydrogens (primary N) is 1. The van der Waals surface area contributed by atoms with Crippen LogP contribution in [0.4, 0.5) is 0 Å². The number of rotatable bonds is 2. The van der Waals surface area contributed by atoms with Crippen LogP contribution in [0.15, 0.2) is 0 Å². The van der Waals surface area contributed by atoms with Crippen molar-refractivity contribution in [1.82, 2.24) is 25.5 Å². The molecule has 2 rings (SSSR count). The first-order valence-electron chi connectivity index (χ1n) is 3.97. The van der Waals surface area contributed by atoms with E-state index in [1.54, 1.807) is 11.6 Å². The Morgan fingerprint density at radius 2 is 2.46 bits per heavy atom. The van der Waals surface area contributed by atoms with Gasteiger partial charge in [0.15, 0.2) is 0 Å². The van der Waals surface area contributed by atoms with Crippen LogP contribution in [0, 0.1) is 6.92 Å². The molecular formula is C6H10N6O. The minimum absolute atomic E-state index is 0.0466. The third-order valence-electron chi connectivity index (χ3n) is 2.14. The van der Waals surface area contributed by atoms with Crippen LogP contribution in [0.5, 0.6) is 0 Å². The maximum Gasteiger partial charge on any atom is 0.239 e. The summed E-state index contributed by atoms with van der Waals surface area (Å²) in [7, 11) is 0. The van der Waals surface area contributed by atoms with E-state index in [-0.39, 0.29) is 11.9 Å². The molecule has 0 aliphatic carbocycles. The highest BCUT2D eigenvalue weighted by molar-refractivity contribution is 5.88. The second kappa shape index (κ2) is 2.77. The summed E-state index contributed by atoms with van der Waals surface area (Å²) >= 11 is 0. The Labute approximate surface area is 74.3 Å². The molecule has 0 radical (unpaired) electrons. The zero-order chi connectivity index (χ0) is 9.42. The van der Waals surface area contributed by atoms with E-state index in [1.165, 1.54) is 0 Å². The van der Waals surface area contributed by atoms with Gasteiger partial charge in [-0.2, -0.15) is 0 Å². The summed E-state index contributed by atoms with van der Waals surface area (Å²) in [5.41, 5.74) is 5.54. The summed E-state index contributed by atoms with van der Waals surface area (Å²) in [6.07, 6.45) is 0. The van der Waals surface area contributed by atoms with Crippen LogP contribution in [0.3, 0.4) is 0 Å². The zero-order valence-electron chi connectivity index (χ0n) is 7.14. The van der Waals surface area contributed by atoms with Gasteiger partial charge in [-0.15, -0.1) is 5.10 Å². The van der Waals surface area contributed by atoms with Crippen LogP contribution in [-0.2, 0) is 11.3 Å². The highest BCUT2D eigenvalue weighted by Crippen LogP contribution is 2.05. The average molecular weight is 182 g/mol. The Hall–Kier alpha value is -1.50. The standard InChI is InChI=1S/C6H10N6O/c1-3-9-10-11-12(3)2-4-5(7)6(13)8-4/h4-5H,2,7H2,1H3,(H,8,13)/t4-,5+/m1/s1. The Balaban J connectivity index is 2.00. The SMILES string of the molecule is Cc1nnnn1C[C@H]1NC(=O)[C@H]1N. The van der Waals surface area contributed by atoms with Crippen LogP contribution >= 0.6 is 0 Å². The first kappa shape index (κ1) is 8.11. The van der Waals surface area contributed by atoms with Gasteiger partial charge in [0, 0.05) is 0 Å². The van der Waals surface area contributed by atoms with Crippen molar-refractivity contribution in [3.63, 3.8) is 0 Å². The fraction of sp³-hybridized carbons (Fsp3) is 0.667. The lowest BCUT2D eigenvalue weighted by atomic mass is 10.0. The molecule has 7 nitrogen and oxygen atoms in total. The molecule has 0 bridgehead atoms. The third-order valence-corrected chi connectivity index (χ3v) is 2.14. The molecule has 2 heterocycles. The van der Waals surface area contributed by atoms with E-state index in [2.05, 4.69) is 20.8 Å². The molecule has 1 saturated heterocycles. The molecule has 13 heavy (non-hydrogen) atoms. The van der Waals surface area contributed by atoms with Crippen molar-refractivity contribution in [3.05, 3.63) is 5.82 Å². The molecule has 1 aromatic heterocycles. The molecule has 0 spiro atoms. The minimum atomic E-state index is -0.427. The molecule has 1 aromatic rings. The van der Waals surface area contributed by atoms with E-state index in [0.717, 1.165) is 0 Å². The fourth-order valence-corrected chi connectivity index (χ4v) is 1.22. The van der Waals surface area contributed by atoms with Crippen molar-refractivity contribution in [2.45, 2.75) is 25.6 Å². The van der Waals surface area contributed by atoms with Gasteiger partial charge >= 0.3 is 0 Å². The molecule has 7 heteroatoms. The van der Waals surface area contributed by atoms with E-state index in [4.69, 9.17) is 5.73 Å². The number of carbonyl (C=O) groups is 1. The van der Waals surface area contributed by atoms with Gasteiger partial charge in [0.2, 0.25) is 5.91 Å². The van der Waals surface area contributed by atoms with Gasteiger partial charge in [-0.3, -0.25) is 4.79 Å². The lowest BCUT2D eigenvalue weighted by Gasteiger charge is -2.33. The highest BCUT2D eigenvalue weighted by atomic mass is 16.2. The molecule has 0 unspecified atom stereocenters. The third kappa shape index (κ3) is 1.26. The molecule has 1 fully saturated rings. The van der Waals surface area contributed by atoms with E-state index < -0.39 is 6.04 Å². The Kier molecular flexibility index (Phi) is 1.73. The van der Waals surface area contributed by atoms with Crippen molar-refractivity contribution in [3.8, 4) is 0 Å². The normalized spacial score (nSPS) is 26.8. The Bertz CT molecular complexity index is 334. The van der Waals surface area contributed by atoms with E-state index >= 15 is 0 Å². The summed E-state index contributed by atoms with van der Waals surface area (Å²) in [6, 6.07) is -0.474. The molecule has 0 saturated carbocycles. The Morgan fingerprint density at radius 3 is 2.92 bits per heavy atom. The van der Waals surface area contributed by atoms with Crippen LogP contribution < -0.4 is 11.1 Å². The van der Waals surface area contributed by atoms with Crippen molar-refractivity contribution in [2.75, 3.05) is 0 Å². The van der Waals surface area contributed by atoms with Crippen LogP contribution in [-0.4, -0.2) is 38.2 Å². The number of hydrogen-bond donors (Lipinski definition) is 2. The number of hydrogen-bond acceptors (Lipinski definition) is 5. The zero-order valence-corrected chi connectivity index (χ0v) is 7.14. The topological polar surface area (TPSA) is 98.7 Å². The fourth-order valence-electron chi connectivity index (χ4n) is 1.22. The molecule has 2 atom stereocenters. The number of amides is 1. The predicted molar refractivity (Wildman–Crippen MR) is 42.5 cm³/mol.